The lowest BCUT2D eigenvalue weighted by Crippen LogP contribution is -2.00. The quantitative estimate of drug-likeness (QED) is 0.868. The first-order chi connectivity index (χ1) is 7.22. The van der Waals surface area contributed by atoms with Crippen molar-refractivity contribution in [2.24, 2.45) is 5.73 Å². The molecular weight excluding hydrogens is 210 g/mol. The highest BCUT2D eigenvalue weighted by molar-refractivity contribution is 6.31. The van der Waals surface area contributed by atoms with E-state index in [9.17, 15) is 0 Å². The molecule has 1 heterocycles. The Morgan fingerprint density at radius 3 is 2.93 bits per heavy atom. The molecule has 0 atom stereocenters. The molecule has 2 rings (SSSR count). The minimum Gasteiger partial charge on any atom is -0.461 e. The number of nitrogens with two attached hydrogens (primary N) is 1. The van der Waals surface area contributed by atoms with Crippen LogP contribution >= 0.6 is 11.6 Å². The van der Waals surface area contributed by atoms with Crippen LogP contribution in [-0.4, -0.2) is 6.54 Å². The van der Waals surface area contributed by atoms with Gasteiger partial charge in [0.25, 0.3) is 0 Å². The summed E-state index contributed by atoms with van der Waals surface area (Å²) in [5, 5.41) is 1.87. The number of aryl methyl sites for hydroxylation is 2. The number of rotatable bonds is 3. The van der Waals surface area contributed by atoms with Crippen molar-refractivity contribution >= 4 is 22.6 Å². The van der Waals surface area contributed by atoms with E-state index in [2.05, 4.69) is 0 Å². The highest BCUT2D eigenvalue weighted by Crippen LogP contribution is 2.28. The van der Waals surface area contributed by atoms with Gasteiger partial charge in [-0.2, -0.15) is 0 Å². The molecule has 0 bridgehead atoms. The average molecular weight is 224 g/mol. The molecule has 0 aliphatic heterocycles. The lowest BCUT2D eigenvalue weighted by atomic mass is 10.1. The highest BCUT2D eigenvalue weighted by Gasteiger charge is 2.10. The normalized spacial score (nSPS) is 11.1. The monoisotopic (exact) mass is 223 g/mol. The molecule has 80 valence electrons. The molecule has 0 amide bonds. The Kier molecular flexibility index (Phi) is 2.98. The van der Waals surface area contributed by atoms with Gasteiger partial charge in [0, 0.05) is 22.0 Å². The Labute approximate surface area is 94.0 Å². The minimum atomic E-state index is 0.708. The van der Waals surface area contributed by atoms with Gasteiger partial charge in [0.05, 0.1) is 0 Å². The van der Waals surface area contributed by atoms with Gasteiger partial charge < -0.3 is 10.2 Å². The maximum Gasteiger partial charge on any atom is 0.136 e. The molecule has 0 spiro atoms. The molecule has 2 nitrogen and oxygen atoms in total. The van der Waals surface area contributed by atoms with Crippen LogP contribution in [0.1, 0.15) is 17.7 Å². The molecule has 0 saturated heterocycles. The van der Waals surface area contributed by atoms with Crippen LogP contribution in [0.3, 0.4) is 0 Å². The number of hydrogen-bond acceptors (Lipinski definition) is 2. The Morgan fingerprint density at radius 2 is 2.20 bits per heavy atom. The smallest absolute Gasteiger partial charge is 0.136 e. The van der Waals surface area contributed by atoms with Gasteiger partial charge >= 0.3 is 0 Å². The zero-order chi connectivity index (χ0) is 10.8. The van der Waals surface area contributed by atoms with Gasteiger partial charge in [-0.1, -0.05) is 11.6 Å². The first-order valence-electron chi connectivity index (χ1n) is 5.10. The van der Waals surface area contributed by atoms with Gasteiger partial charge in [-0.3, -0.25) is 0 Å². The van der Waals surface area contributed by atoms with E-state index in [1.54, 1.807) is 0 Å². The topological polar surface area (TPSA) is 39.2 Å². The van der Waals surface area contributed by atoms with Crippen molar-refractivity contribution in [3.63, 3.8) is 0 Å². The van der Waals surface area contributed by atoms with Crippen LogP contribution in [0.2, 0.25) is 5.02 Å². The summed E-state index contributed by atoms with van der Waals surface area (Å²) in [6, 6.07) is 5.76. The predicted molar refractivity (Wildman–Crippen MR) is 63.3 cm³/mol. The predicted octanol–water partition coefficient (Wildman–Crippen LogP) is 3.29. The fourth-order valence-corrected chi connectivity index (χ4v) is 2.00. The number of furan rings is 1. The zero-order valence-electron chi connectivity index (χ0n) is 8.72. The van der Waals surface area contributed by atoms with Crippen LogP contribution in [0.15, 0.2) is 22.6 Å². The van der Waals surface area contributed by atoms with Crippen LogP contribution in [0.5, 0.6) is 0 Å². The van der Waals surface area contributed by atoms with Crippen molar-refractivity contribution in [2.75, 3.05) is 6.54 Å². The maximum atomic E-state index is 5.90. The first-order valence-corrected chi connectivity index (χ1v) is 5.48. The van der Waals surface area contributed by atoms with Crippen molar-refractivity contribution in [3.8, 4) is 0 Å². The average Bonchev–Trinajstić information content (AvgIpc) is 2.50. The summed E-state index contributed by atoms with van der Waals surface area (Å²) in [6.45, 7) is 2.69. The van der Waals surface area contributed by atoms with Crippen molar-refractivity contribution in [1.82, 2.24) is 0 Å². The summed E-state index contributed by atoms with van der Waals surface area (Å²) in [5.41, 5.74) is 7.64. The van der Waals surface area contributed by atoms with Crippen molar-refractivity contribution in [3.05, 3.63) is 34.5 Å². The maximum absolute atomic E-state index is 5.90. The molecule has 2 N–H and O–H groups in total. The summed E-state index contributed by atoms with van der Waals surface area (Å²) in [4.78, 5) is 0. The fourth-order valence-electron chi connectivity index (χ4n) is 1.84. The third kappa shape index (κ3) is 2.01. The molecular formula is C12H14ClNO. The van der Waals surface area contributed by atoms with E-state index in [1.165, 1.54) is 5.56 Å². The zero-order valence-corrected chi connectivity index (χ0v) is 9.47. The summed E-state index contributed by atoms with van der Waals surface area (Å²) in [5.74, 6) is 0.973. The Bertz CT molecular complexity index is 476. The SMILES string of the molecule is Cc1oc2cc(Cl)ccc2c1CCCN. The second-order valence-electron chi connectivity index (χ2n) is 3.67. The summed E-state index contributed by atoms with van der Waals surface area (Å²) in [7, 11) is 0. The van der Waals surface area contributed by atoms with E-state index in [0.717, 1.165) is 29.6 Å². The highest BCUT2D eigenvalue weighted by atomic mass is 35.5. The minimum absolute atomic E-state index is 0.708. The fraction of sp³-hybridized carbons (Fsp3) is 0.333. The third-order valence-electron chi connectivity index (χ3n) is 2.59. The molecule has 3 heteroatoms. The Morgan fingerprint density at radius 1 is 1.40 bits per heavy atom. The van der Waals surface area contributed by atoms with Gasteiger partial charge in [-0.15, -0.1) is 0 Å². The van der Waals surface area contributed by atoms with Gasteiger partial charge in [0.2, 0.25) is 0 Å². The molecule has 15 heavy (non-hydrogen) atoms. The van der Waals surface area contributed by atoms with E-state index < -0.39 is 0 Å². The van der Waals surface area contributed by atoms with Crippen LogP contribution < -0.4 is 5.73 Å². The van der Waals surface area contributed by atoms with Gasteiger partial charge in [-0.05, 0) is 38.4 Å². The van der Waals surface area contributed by atoms with Crippen LogP contribution in [0, 0.1) is 6.92 Å². The Balaban J connectivity index is 2.48. The van der Waals surface area contributed by atoms with Crippen LogP contribution in [0.25, 0.3) is 11.0 Å². The van der Waals surface area contributed by atoms with E-state index in [4.69, 9.17) is 21.8 Å². The number of hydrogen-bond donors (Lipinski definition) is 1. The molecule has 0 aliphatic carbocycles. The van der Waals surface area contributed by atoms with Gasteiger partial charge in [-0.25, -0.2) is 0 Å². The van der Waals surface area contributed by atoms with Crippen LogP contribution in [0.4, 0.5) is 0 Å². The lowest BCUT2D eigenvalue weighted by Gasteiger charge is -1.97. The number of benzene rings is 1. The van der Waals surface area contributed by atoms with E-state index >= 15 is 0 Å². The van der Waals surface area contributed by atoms with E-state index in [0.29, 0.717) is 11.6 Å². The second-order valence-corrected chi connectivity index (χ2v) is 4.11. The van der Waals surface area contributed by atoms with Crippen molar-refractivity contribution in [2.45, 2.75) is 19.8 Å². The van der Waals surface area contributed by atoms with E-state index in [1.807, 2.05) is 25.1 Å². The third-order valence-corrected chi connectivity index (χ3v) is 2.82. The van der Waals surface area contributed by atoms with Crippen molar-refractivity contribution < 1.29 is 4.42 Å². The molecule has 2 aromatic rings. The molecule has 0 aliphatic rings. The van der Waals surface area contributed by atoms with Gasteiger partial charge in [0.1, 0.15) is 11.3 Å². The summed E-state index contributed by atoms with van der Waals surface area (Å²) < 4.78 is 5.65. The molecule has 1 aromatic carbocycles. The van der Waals surface area contributed by atoms with Gasteiger partial charge in [0.15, 0.2) is 0 Å². The standard InChI is InChI=1S/C12H14ClNO/c1-8-10(3-2-6-14)11-5-4-9(13)7-12(11)15-8/h4-5,7H,2-3,6,14H2,1H3. The summed E-state index contributed by atoms with van der Waals surface area (Å²) in [6.07, 6.45) is 1.95. The van der Waals surface area contributed by atoms with E-state index in [-0.39, 0.29) is 0 Å². The molecule has 0 radical (unpaired) electrons. The molecule has 0 unspecified atom stereocenters. The number of halogens is 1. The molecule has 0 fully saturated rings. The first kappa shape index (κ1) is 10.5. The van der Waals surface area contributed by atoms with Crippen LogP contribution in [-0.2, 0) is 6.42 Å². The lowest BCUT2D eigenvalue weighted by molar-refractivity contribution is 0.570. The second kappa shape index (κ2) is 4.25. The molecule has 0 saturated carbocycles. The number of fused-ring (bicyclic) bond motifs is 1. The summed E-state index contributed by atoms with van der Waals surface area (Å²) >= 11 is 5.90. The van der Waals surface area contributed by atoms with Crippen molar-refractivity contribution in [1.29, 1.82) is 0 Å². The molecule has 1 aromatic heterocycles. The largest absolute Gasteiger partial charge is 0.461 e. The Hall–Kier alpha value is -0.990.